The molecule has 0 aliphatic heterocycles. The quantitative estimate of drug-likeness (QED) is 0.219. The van der Waals surface area contributed by atoms with E-state index in [4.69, 9.17) is 14.2 Å². The van der Waals surface area contributed by atoms with Crippen LogP contribution in [0, 0.1) is 0 Å². The third-order valence-electron chi connectivity index (χ3n) is 4.19. The third kappa shape index (κ3) is 7.55. The molecular weight excluding hydrogens is 502 g/mol. The van der Waals surface area contributed by atoms with E-state index in [-0.39, 0.29) is 28.4 Å². The van der Waals surface area contributed by atoms with E-state index in [0.29, 0.717) is 0 Å². The Kier molecular flexibility index (Phi) is 7.61. The van der Waals surface area contributed by atoms with Crippen LogP contribution in [-0.4, -0.2) is 31.8 Å². The molecule has 0 aromatic heterocycles. The fourth-order valence-corrected chi connectivity index (χ4v) is 2.74. The van der Waals surface area contributed by atoms with Gasteiger partial charge in [-0.05, 0) is 66.7 Å². The Bertz CT molecular complexity index is 1220. The predicted molar refractivity (Wildman–Crippen MR) is 109 cm³/mol. The van der Waals surface area contributed by atoms with Crippen molar-refractivity contribution in [1.82, 2.24) is 0 Å². The van der Waals surface area contributed by atoms with Gasteiger partial charge in [-0.25, -0.2) is 9.59 Å². The molecule has 0 aliphatic rings. The summed E-state index contributed by atoms with van der Waals surface area (Å²) in [5.41, 5.74) is -0.344. The lowest BCUT2D eigenvalue weighted by Gasteiger charge is -2.12. The first-order valence-corrected chi connectivity index (χ1v) is 9.67. The molecule has 0 spiro atoms. The number of esters is 2. The van der Waals surface area contributed by atoms with E-state index in [1.54, 1.807) is 0 Å². The van der Waals surface area contributed by atoms with Crippen molar-refractivity contribution >= 4 is 11.9 Å². The predicted octanol–water partition coefficient (Wildman–Crippen LogP) is 5.93. The zero-order chi connectivity index (χ0) is 26.5. The first-order chi connectivity index (χ1) is 16.8. The van der Waals surface area contributed by atoms with Crippen LogP contribution < -0.4 is 23.7 Å². The van der Waals surface area contributed by atoms with E-state index in [2.05, 4.69) is 9.47 Å². The zero-order valence-corrected chi connectivity index (χ0v) is 18.0. The molecule has 190 valence electrons. The second-order valence-corrected chi connectivity index (χ2v) is 6.73. The smallest absolute Gasteiger partial charge is 0.496 e. The van der Waals surface area contributed by atoms with E-state index in [0.717, 1.165) is 54.6 Å². The molecule has 0 heterocycles. The largest absolute Gasteiger partial charge is 0.573 e. The highest BCUT2D eigenvalue weighted by Gasteiger charge is 2.31. The minimum Gasteiger partial charge on any atom is -0.496 e. The Hall–Kier alpha value is -4.42. The van der Waals surface area contributed by atoms with Gasteiger partial charge < -0.3 is 23.7 Å². The van der Waals surface area contributed by atoms with Gasteiger partial charge in [0, 0.05) is 0 Å². The summed E-state index contributed by atoms with van der Waals surface area (Å²) in [6, 6.07) is 11.7. The topological polar surface area (TPSA) is 80.3 Å². The SMILES string of the molecule is COc1ccc(C(=O)Oc2ccc(OC(F)(F)F)cc2)cc1C(=O)Oc1ccc(OC(F)(F)F)cc1. The lowest BCUT2D eigenvalue weighted by Crippen LogP contribution is -2.17. The van der Waals surface area contributed by atoms with Crippen LogP contribution in [0.2, 0.25) is 0 Å². The van der Waals surface area contributed by atoms with Gasteiger partial charge >= 0.3 is 24.7 Å². The Morgan fingerprint density at radius 3 is 1.44 bits per heavy atom. The average Bonchev–Trinajstić information content (AvgIpc) is 2.79. The molecule has 13 heteroatoms. The van der Waals surface area contributed by atoms with Crippen LogP contribution in [0.1, 0.15) is 20.7 Å². The number of rotatable bonds is 7. The van der Waals surface area contributed by atoms with Gasteiger partial charge in [0.05, 0.1) is 12.7 Å². The number of halogens is 6. The van der Waals surface area contributed by atoms with Crippen LogP contribution in [0.4, 0.5) is 26.3 Å². The Labute approximate surface area is 198 Å². The van der Waals surface area contributed by atoms with Crippen LogP contribution in [0.15, 0.2) is 66.7 Å². The molecule has 0 aliphatic carbocycles. The van der Waals surface area contributed by atoms with E-state index in [9.17, 15) is 35.9 Å². The molecule has 3 aromatic rings. The van der Waals surface area contributed by atoms with Crippen molar-refractivity contribution < 1.29 is 59.6 Å². The number of carbonyl (C=O) groups is 2. The van der Waals surface area contributed by atoms with E-state index in [1.807, 2.05) is 0 Å². The maximum atomic E-state index is 12.6. The van der Waals surface area contributed by atoms with Gasteiger partial charge in [0.1, 0.15) is 34.3 Å². The molecule has 7 nitrogen and oxygen atoms in total. The van der Waals surface area contributed by atoms with Crippen molar-refractivity contribution in [3.8, 4) is 28.7 Å². The maximum absolute atomic E-state index is 12.6. The number of hydrogen-bond donors (Lipinski definition) is 0. The molecule has 0 saturated carbocycles. The molecule has 36 heavy (non-hydrogen) atoms. The van der Waals surface area contributed by atoms with E-state index in [1.165, 1.54) is 19.2 Å². The number of methoxy groups -OCH3 is 1. The highest BCUT2D eigenvalue weighted by Crippen LogP contribution is 2.28. The minimum atomic E-state index is -4.89. The summed E-state index contributed by atoms with van der Waals surface area (Å²) in [5.74, 6) is -3.20. The summed E-state index contributed by atoms with van der Waals surface area (Å²) in [7, 11) is 1.25. The first-order valence-electron chi connectivity index (χ1n) is 9.67. The van der Waals surface area contributed by atoms with Gasteiger partial charge in [-0.15, -0.1) is 26.3 Å². The second-order valence-electron chi connectivity index (χ2n) is 6.73. The van der Waals surface area contributed by atoms with Crippen molar-refractivity contribution in [2.75, 3.05) is 7.11 Å². The van der Waals surface area contributed by atoms with Crippen molar-refractivity contribution in [3.05, 3.63) is 77.9 Å². The van der Waals surface area contributed by atoms with Crippen molar-refractivity contribution in [1.29, 1.82) is 0 Å². The van der Waals surface area contributed by atoms with Gasteiger partial charge in [0.2, 0.25) is 0 Å². The van der Waals surface area contributed by atoms with Crippen LogP contribution in [0.3, 0.4) is 0 Å². The molecule has 0 unspecified atom stereocenters. The van der Waals surface area contributed by atoms with Gasteiger partial charge in [0.15, 0.2) is 0 Å². The number of alkyl halides is 6. The number of benzene rings is 3. The van der Waals surface area contributed by atoms with E-state index < -0.39 is 36.2 Å². The van der Waals surface area contributed by atoms with Crippen LogP contribution in [-0.2, 0) is 0 Å². The highest BCUT2D eigenvalue weighted by atomic mass is 19.4. The van der Waals surface area contributed by atoms with Crippen molar-refractivity contribution in [3.63, 3.8) is 0 Å². The van der Waals surface area contributed by atoms with E-state index >= 15 is 0 Å². The molecule has 0 fully saturated rings. The van der Waals surface area contributed by atoms with Crippen LogP contribution in [0.25, 0.3) is 0 Å². The average molecular weight is 516 g/mol. The normalized spacial score (nSPS) is 11.4. The molecule has 3 rings (SSSR count). The summed E-state index contributed by atoms with van der Waals surface area (Å²) in [6.45, 7) is 0. The van der Waals surface area contributed by atoms with Gasteiger partial charge in [-0.1, -0.05) is 0 Å². The molecule has 3 aromatic carbocycles. The molecule has 0 atom stereocenters. The summed E-state index contributed by atoms with van der Waals surface area (Å²) in [4.78, 5) is 25.1. The Balaban J connectivity index is 1.72. The highest BCUT2D eigenvalue weighted by molar-refractivity contribution is 5.98. The van der Waals surface area contributed by atoms with Crippen molar-refractivity contribution in [2.24, 2.45) is 0 Å². The fraction of sp³-hybridized carbons (Fsp3) is 0.130. The molecule has 0 bridgehead atoms. The molecular formula is C23H14F6O7. The molecule has 0 amide bonds. The molecule has 0 radical (unpaired) electrons. The lowest BCUT2D eigenvalue weighted by atomic mass is 10.1. The zero-order valence-electron chi connectivity index (χ0n) is 18.0. The standard InChI is InChI=1S/C23H14F6O7/c1-32-19-11-2-13(20(30)33-14-3-7-16(8-4-14)35-22(24,25)26)12-18(19)21(31)34-15-5-9-17(10-6-15)36-23(27,28)29/h2-12H,1H3. The second kappa shape index (κ2) is 10.5. The summed E-state index contributed by atoms with van der Waals surface area (Å²) < 4.78 is 96.3. The maximum Gasteiger partial charge on any atom is 0.573 e. The summed E-state index contributed by atoms with van der Waals surface area (Å²) >= 11 is 0. The Morgan fingerprint density at radius 1 is 0.611 bits per heavy atom. The number of hydrogen-bond acceptors (Lipinski definition) is 7. The van der Waals surface area contributed by atoms with Crippen LogP contribution >= 0.6 is 0 Å². The Morgan fingerprint density at radius 2 is 1.03 bits per heavy atom. The van der Waals surface area contributed by atoms with Crippen molar-refractivity contribution in [2.45, 2.75) is 12.7 Å². The monoisotopic (exact) mass is 516 g/mol. The first kappa shape index (κ1) is 26.2. The fourth-order valence-electron chi connectivity index (χ4n) is 2.74. The molecule has 0 N–H and O–H groups in total. The van der Waals surface area contributed by atoms with Gasteiger partial charge in [-0.2, -0.15) is 0 Å². The van der Waals surface area contributed by atoms with Crippen LogP contribution in [0.5, 0.6) is 28.7 Å². The lowest BCUT2D eigenvalue weighted by molar-refractivity contribution is -0.275. The van der Waals surface area contributed by atoms with Gasteiger partial charge in [-0.3, -0.25) is 0 Å². The minimum absolute atomic E-state index is 0.0160. The third-order valence-corrected chi connectivity index (χ3v) is 4.19. The number of carbonyl (C=O) groups excluding carboxylic acids is 2. The molecule has 0 saturated heterocycles. The van der Waals surface area contributed by atoms with Gasteiger partial charge in [0.25, 0.3) is 0 Å². The number of ether oxygens (including phenoxy) is 5. The summed E-state index contributed by atoms with van der Waals surface area (Å²) in [6.07, 6.45) is -9.77. The summed E-state index contributed by atoms with van der Waals surface area (Å²) in [5, 5.41) is 0.